The number of nitrogens with one attached hydrogen (secondary N) is 2. The van der Waals surface area contributed by atoms with Crippen molar-refractivity contribution < 1.29 is 0 Å². The van der Waals surface area contributed by atoms with Gasteiger partial charge in [-0.15, -0.1) is 0 Å². The Bertz CT molecular complexity index is 132. The summed E-state index contributed by atoms with van der Waals surface area (Å²) in [5.41, 5.74) is 6.85. The molecule has 0 unspecified atom stereocenters. The molecule has 13 heavy (non-hydrogen) atoms. The lowest BCUT2D eigenvalue weighted by Gasteiger charge is -2.26. The summed E-state index contributed by atoms with van der Waals surface area (Å²) in [6.07, 6.45) is 7.14. The van der Waals surface area contributed by atoms with Crippen molar-refractivity contribution >= 4 is 0 Å². The third-order valence-corrected chi connectivity index (χ3v) is 2.58. The van der Waals surface area contributed by atoms with Crippen LogP contribution >= 0.6 is 0 Å². The standard InChI is InChI=1S/C11H24N2/c1-11(2,3)13-12-9-10-7-5-4-6-8-10/h10,12-13H,4-9H2,1-3H3. The van der Waals surface area contributed by atoms with Gasteiger partial charge >= 0.3 is 0 Å². The second kappa shape index (κ2) is 4.97. The molecule has 0 amide bonds. The highest BCUT2D eigenvalue weighted by Crippen LogP contribution is 2.22. The molecule has 78 valence electrons. The van der Waals surface area contributed by atoms with Gasteiger partial charge in [0.05, 0.1) is 0 Å². The Balaban J connectivity index is 2.04. The first kappa shape index (κ1) is 11.0. The summed E-state index contributed by atoms with van der Waals surface area (Å²) in [6.45, 7) is 7.68. The van der Waals surface area contributed by atoms with Gasteiger partial charge in [0.25, 0.3) is 0 Å². The molecule has 2 heteroatoms. The summed E-state index contributed by atoms with van der Waals surface area (Å²) in [5.74, 6) is 0.906. The van der Waals surface area contributed by atoms with Gasteiger partial charge < -0.3 is 0 Å². The van der Waals surface area contributed by atoms with Crippen LogP contribution < -0.4 is 10.9 Å². The smallest absolute Gasteiger partial charge is 0.0239 e. The summed E-state index contributed by atoms with van der Waals surface area (Å²) in [5, 5.41) is 0. The Hall–Kier alpha value is -0.0800. The van der Waals surface area contributed by atoms with Crippen molar-refractivity contribution in [3.8, 4) is 0 Å². The van der Waals surface area contributed by atoms with Crippen molar-refractivity contribution in [3.63, 3.8) is 0 Å². The van der Waals surface area contributed by atoms with Crippen molar-refractivity contribution in [2.75, 3.05) is 6.54 Å². The maximum atomic E-state index is 3.35. The molecule has 0 aromatic carbocycles. The minimum atomic E-state index is 0.189. The average molecular weight is 184 g/mol. The van der Waals surface area contributed by atoms with E-state index in [4.69, 9.17) is 0 Å². The first-order valence-corrected chi connectivity index (χ1v) is 5.58. The van der Waals surface area contributed by atoms with Crippen LogP contribution in [0.2, 0.25) is 0 Å². The molecule has 1 rings (SSSR count). The number of rotatable bonds is 3. The zero-order chi connectivity index (χ0) is 9.73. The summed E-state index contributed by atoms with van der Waals surface area (Å²) < 4.78 is 0. The van der Waals surface area contributed by atoms with Crippen LogP contribution in [-0.4, -0.2) is 12.1 Å². The van der Waals surface area contributed by atoms with Gasteiger partial charge in [0.1, 0.15) is 0 Å². The molecule has 0 radical (unpaired) electrons. The minimum Gasteiger partial charge on any atom is -0.257 e. The molecule has 2 nitrogen and oxygen atoms in total. The second-order valence-corrected chi connectivity index (χ2v) is 5.26. The zero-order valence-electron chi connectivity index (χ0n) is 9.32. The van der Waals surface area contributed by atoms with Gasteiger partial charge in [-0.1, -0.05) is 19.3 Å². The quantitative estimate of drug-likeness (QED) is 0.658. The van der Waals surface area contributed by atoms with E-state index < -0.39 is 0 Å². The second-order valence-electron chi connectivity index (χ2n) is 5.26. The third-order valence-electron chi connectivity index (χ3n) is 2.58. The molecule has 0 spiro atoms. The van der Waals surface area contributed by atoms with Gasteiger partial charge in [-0.2, -0.15) is 0 Å². The molecule has 1 fully saturated rings. The van der Waals surface area contributed by atoms with E-state index in [1.807, 2.05) is 0 Å². The van der Waals surface area contributed by atoms with Gasteiger partial charge in [0.2, 0.25) is 0 Å². The Morgan fingerprint density at radius 3 is 2.23 bits per heavy atom. The lowest BCUT2D eigenvalue weighted by atomic mass is 9.89. The molecule has 1 saturated carbocycles. The summed E-state index contributed by atoms with van der Waals surface area (Å²) >= 11 is 0. The molecule has 0 saturated heterocycles. The van der Waals surface area contributed by atoms with E-state index in [0.29, 0.717) is 0 Å². The molecular weight excluding hydrogens is 160 g/mol. The molecule has 1 aliphatic rings. The topological polar surface area (TPSA) is 24.1 Å². The van der Waals surface area contributed by atoms with Crippen LogP contribution in [0.4, 0.5) is 0 Å². The molecular formula is C11H24N2. The van der Waals surface area contributed by atoms with Crippen LogP contribution in [0.5, 0.6) is 0 Å². The van der Waals surface area contributed by atoms with Crippen molar-refractivity contribution in [1.29, 1.82) is 0 Å². The zero-order valence-corrected chi connectivity index (χ0v) is 9.32. The van der Waals surface area contributed by atoms with Crippen LogP contribution in [0.3, 0.4) is 0 Å². The average Bonchev–Trinajstić information content (AvgIpc) is 2.04. The third kappa shape index (κ3) is 5.27. The molecule has 0 aromatic heterocycles. The van der Waals surface area contributed by atoms with Gasteiger partial charge in [-0.25, -0.2) is 0 Å². The maximum absolute atomic E-state index is 3.35. The lowest BCUT2D eigenvalue weighted by molar-refractivity contribution is 0.288. The Morgan fingerprint density at radius 2 is 1.69 bits per heavy atom. The van der Waals surface area contributed by atoms with Crippen molar-refractivity contribution in [2.45, 2.75) is 58.4 Å². The first-order valence-electron chi connectivity index (χ1n) is 5.58. The molecule has 0 aliphatic heterocycles. The lowest BCUT2D eigenvalue weighted by Crippen LogP contribution is -2.47. The number of hydrogen-bond donors (Lipinski definition) is 2. The van der Waals surface area contributed by atoms with Gasteiger partial charge in [-0.3, -0.25) is 10.9 Å². The molecule has 1 aliphatic carbocycles. The number of hydrogen-bond acceptors (Lipinski definition) is 2. The van der Waals surface area contributed by atoms with Gasteiger partial charge in [0.15, 0.2) is 0 Å². The molecule has 0 atom stereocenters. The Kier molecular flexibility index (Phi) is 4.20. The van der Waals surface area contributed by atoms with E-state index in [-0.39, 0.29) is 5.54 Å². The fourth-order valence-electron chi connectivity index (χ4n) is 1.85. The van der Waals surface area contributed by atoms with Crippen molar-refractivity contribution in [3.05, 3.63) is 0 Å². The summed E-state index contributed by atoms with van der Waals surface area (Å²) in [6, 6.07) is 0. The van der Waals surface area contributed by atoms with Crippen molar-refractivity contribution in [2.24, 2.45) is 5.92 Å². The van der Waals surface area contributed by atoms with Crippen LogP contribution in [0, 0.1) is 5.92 Å². The van der Waals surface area contributed by atoms with E-state index in [2.05, 4.69) is 31.6 Å². The highest BCUT2D eigenvalue weighted by atomic mass is 15.4. The predicted octanol–water partition coefficient (Wildman–Crippen LogP) is 2.46. The first-order chi connectivity index (χ1) is 6.08. The largest absolute Gasteiger partial charge is 0.257 e. The highest BCUT2D eigenvalue weighted by Gasteiger charge is 2.14. The van der Waals surface area contributed by atoms with Crippen LogP contribution in [-0.2, 0) is 0 Å². The molecule has 0 aromatic rings. The summed E-state index contributed by atoms with van der Waals surface area (Å²) in [4.78, 5) is 0. The van der Waals surface area contributed by atoms with Gasteiger partial charge in [0, 0.05) is 12.1 Å². The van der Waals surface area contributed by atoms with E-state index >= 15 is 0 Å². The van der Waals surface area contributed by atoms with Gasteiger partial charge in [-0.05, 0) is 39.5 Å². The maximum Gasteiger partial charge on any atom is 0.0239 e. The van der Waals surface area contributed by atoms with E-state index in [1.165, 1.54) is 32.1 Å². The van der Waals surface area contributed by atoms with Crippen LogP contribution in [0.15, 0.2) is 0 Å². The van der Waals surface area contributed by atoms with Crippen molar-refractivity contribution in [1.82, 2.24) is 10.9 Å². The number of hydrazine groups is 1. The SMILES string of the molecule is CC(C)(C)NNCC1CCCCC1. The fourth-order valence-corrected chi connectivity index (χ4v) is 1.85. The summed E-state index contributed by atoms with van der Waals surface area (Å²) in [7, 11) is 0. The molecule has 0 bridgehead atoms. The highest BCUT2D eigenvalue weighted by molar-refractivity contribution is 4.70. The molecule has 2 N–H and O–H groups in total. The fraction of sp³-hybridized carbons (Fsp3) is 1.00. The van der Waals surface area contributed by atoms with E-state index in [1.54, 1.807) is 0 Å². The van der Waals surface area contributed by atoms with Crippen LogP contribution in [0.1, 0.15) is 52.9 Å². The van der Waals surface area contributed by atoms with E-state index in [0.717, 1.165) is 12.5 Å². The van der Waals surface area contributed by atoms with E-state index in [9.17, 15) is 0 Å². The Labute approximate surface area is 82.5 Å². The van der Waals surface area contributed by atoms with Crippen LogP contribution in [0.25, 0.3) is 0 Å². The molecule has 0 heterocycles. The monoisotopic (exact) mass is 184 g/mol. The minimum absolute atomic E-state index is 0.189. The normalized spacial score (nSPS) is 20.5. The predicted molar refractivity (Wildman–Crippen MR) is 57.5 cm³/mol. The Morgan fingerprint density at radius 1 is 1.08 bits per heavy atom.